The van der Waals surface area contributed by atoms with Crippen LogP contribution in [0.3, 0.4) is 0 Å². The summed E-state index contributed by atoms with van der Waals surface area (Å²) in [5.74, 6) is 0.711. The highest BCUT2D eigenvalue weighted by Crippen LogP contribution is 2.27. The van der Waals surface area contributed by atoms with Crippen LogP contribution in [0.1, 0.15) is 17.1 Å². The molecule has 5 heteroatoms. The van der Waals surface area contributed by atoms with Crippen LogP contribution < -0.4 is 10.2 Å². The van der Waals surface area contributed by atoms with Crippen molar-refractivity contribution in [2.45, 2.75) is 19.9 Å². The van der Waals surface area contributed by atoms with Gasteiger partial charge in [0.05, 0.1) is 12.2 Å². The van der Waals surface area contributed by atoms with E-state index in [9.17, 15) is 4.79 Å². The molecule has 0 atom stereocenters. The number of urea groups is 1. The molecule has 1 aliphatic heterocycles. The van der Waals surface area contributed by atoms with Gasteiger partial charge < -0.3 is 5.32 Å². The Balaban J connectivity index is 1.66. The van der Waals surface area contributed by atoms with Crippen molar-refractivity contribution in [3.05, 3.63) is 53.6 Å². The molecule has 3 rings (SSSR count). The number of nitrogens with zero attached hydrogens (tertiary/aromatic N) is 3. The molecular weight excluding hydrogens is 252 g/mol. The van der Waals surface area contributed by atoms with E-state index in [0.29, 0.717) is 12.4 Å². The molecular formula is C15H16N4O. The monoisotopic (exact) mass is 268 g/mol. The van der Waals surface area contributed by atoms with Crippen LogP contribution in [0.5, 0.6) is 0 Å². The van der Waals surface area contributed by atoms with Crippen LogP contribution in [0.4, 0.5) is 10.5 Å². The quantitative estimate of drug-likeness (QED) is 0.907. The number of amides is 2. The highest BCUT2D eigenvalue weighted by Gasteiger charge is 2.23. The molecule has 1 aromatic carbocycles. The van der Waals surface area contributed by atoms with Crippen molar-refractivity contribution in [3.8, 4) is 0 Å². The minimum absolute atomic E-state index is 0.0776. The molecule has 0 saturated carbocycles. The van der Waals surface area contributed by atoms with Gasteiger partial charge in [-0.05, 0) is 31.0 Å². The van der Waals surface area contributed by atoms with Crippen molar-refractivity contribution in [2.24, 2.45) is 0 Å². The van der Waals surface area contributed by atoms with E-state index in [0.717, 1.165) is 24.3 Å². The van der Waals surface area contributed by atoms with E-state index in [1.165, 1.54) is 5.56 Å². The summed E-state index contributed by atoms with van der Waals surface area (Å²) in [7, 11) is 0. The minimum Gasteiger partial charge on any atom is -0.332 e. The number of hydrogen-bond acceptors (Lipinski definition) is 3. The fraction of sp³-hybridized carbons (Fsp3) is 0.267. The van der Waals surface area contributed by atoms with Gasteiger partial charge in [0.15, 0.2) is 0 Å². The number of aryl methyl sites for hydroxylation is 1. The SMILES string of the molecule is Cc1nccc(CNC(=O)N2CCc3ccccc32)n1. The van der Waals surface area contributed by atoms with Crippen molar-refractivity contribution < 1.29 is 4.79 Å². The summed E-state index contributed by atoms with van der Waals surface area (Å²) in [6.07, 6.45) is 2.62. The van der Waals surface area contributed by atoms with Crippen molar-refractivity contribution in [3.63, 3.8) is 0 Å². The Kier molecular flexibility index (Phi) is 3.33. The molecule has 5 nitrogen and oxygen atoms in total. The number of para-hydroxylation sites is 1. The lowest BCUT2D eigenvalue weighted by Crippen LogP contribution is -2.38. The first-order chi connectivity index (χ1) is 9.74. The summed E-state index contributed by atoms with van der Waals surface area (Å²) in [5, 5.41) is 2.91. The van der Waals surface area contributed by atoms with Crippen molar-refractivity contribution in [1.82, 2.24) is 15.3 Å². The third-order valence-corrected chi connectivity index (χ3v) is 3.39. The average Bonchev–Trinajstić information content (AvgIpc) is 2.89. The lowest BCUT2D eigenvalue weighted by Gasteiger charge is -2.17. The summed E-state index contributed by atoms with van der Waals surface area (Å²) in [6, 6.07) is 9.74. The number of carbonyl (C=O) groups is 1. The first kappa shape index (κ1) is 12.6. The maximum Gasteiger partial charge on any atom is 0.322 e. The van der Waals surface area contributed by atoms with Crippen LogP contribution in [0, 0.1) is 6.92 Å². The van der Waals surface area contributed by atoms with Gasteiger partial charge in [-0.1, -0.05) is 18.2 Å². The number of nitrogens with one attached hydrogen (secondary N) is 1. The van der Waals surface area contributed by atoms with Gasteiger partial charge in [-0.2, -0.15) is 0 Å². The topological polar surface area (TPSA) is 58.1 Å². The number of fused-ring (bicyclic) bond motifs is 1. The molecule has 0 aliphatic carbocycles. The highest BCUT2D eigenvalue weighted by molar-refractivity contribution is 5.94. The van der Waals surface area contributed by atoms with Gasteiger partial charge >= 0.3 is 6.03 Å². The summed E-state index contributed by atoms with van der Waals surface area (Å²) in [6.45, 7) is 2.98. The molecule has 2 heterocycles. The van der Waals surface area contributed by atoms with Gasteiger partial charge in [0, 0.05) is 18.4 Å². The van der Waals surface area contributed by atoms with Crippen LogP contribution in [-0.2, 0) is 13.0 Å². The molecule has 0 bridgehead atoms. The number of hydrogen-bond donors (Lipinski definition) is 1. The fourth-order valence-corrected chi connectivity index (χ4v) is 2.41. The maximum absolute atomic E-state index is 12.2. The largest absolute Gasteiger partial charge is 0.332 e. The van der Waals surface area contributed by atoms with E-state index in [4.69, 9.17) is 0 Å². The van der Waals surface area contributed by atoms with E-state index >= 15 is 0 Å². The van der Waals surface area contributed by atoms with Gasteiger partial charge in [-0.15, -0.1) is 0 Å². The van der Waals surface area contributed by atoms with Gasteiger partial charge in [-0.25, -0.2) is 14.8 Å². The van der Waals surface area contributed by atoms with Crippen LogP contribution in [0.15, 0.2) is 36.5 Å². The van der Waals surface area contributed by atoms with Crippen LogP contribution >= 0.6 is 0 Å². The second-order valence-electron chi connectivity index (χ2n) is 4.78. The summed E-state index contributed by atoms with van der Waals surface area (Å²) in [5.41, 5.74) is 3.04. The normalized spacial score (nSPS) is 13.2. The van der Waals surface area contributed by atoms with E-state index in [1.807, 2.05) is 31.2 Å². The maximum atomic E-state index is 12.2. The number of rotatable bonds is 2. The fourth-order valence-electron chi connectivity index (χ4n) is 2.41. The molecule has 1 aliphatic rings. The van der Waals surface area contributed by atoms with Gasteiger partial charge in [0.25, 0.3) is 0 Å². The number of anilines is 1. The predicted molar refractivity (Wildman–Crippen MR) is 76.5 cm³/mol. The number of carbonyl (C=O) groups excluding carboxylic acids is 1. The van der Waals surface area contributed by atoms with Gasteiger partial charge in [-0.3, -0.25) is 4.90 Å². The lowest BCUT2D eigenvalue weighted by atomic mass is 10.2. The zero-order chi connectivity index (χ0) is 13.9. The molecule has 1 aromatic heterocycles. The van der Waals surface area contributed by atoms with Crippen LogP contribution in [0.25, 0.3) is 0 Å². The molecule has 0 fully saturated rings. The molecule has 0 saturated heterocycles. The predicted octanol–water partition coefficient (Wildman–Crippen LogP) is 2.06. The summed E-state index contributed by atoms with van der Waals surface area (Å²) >= 11 is 0. The van der Waals surface area contributed by atoms with E-state index in [1.54, 1.807) is 11.1 Å². The van der Waals surface area contributed by atoms with Crippen LogP contribution in [-0.4, -0.2) is 22.5 Å². The Bertz CT molecular complexity index is 641. The Morgan fingerprint density at radius 1 is 1.35 bits per heavy atom. The molecule has 0 radical (unpaired) electrons. The minimum atomic E-state index is -0.0776. The second kappa shape index (κ2) is 5.28. The Morgan fingerprint density at radius 3 is 3.05 bits per heavy atom. The third-order valence-electron chi connectivity index (χ3n) is 3.39. The molecule has 0 unspecified atom stereocenters. The average molecular weight is 268 g/mol. The zero-order valence-corrected chi connectivity index (χ0v) is 11.3. The zero-order valence-electron chi connectivity index (χ0n) is 11.3. The standard InChI is InChI=1S/C15H16N4O/c1-11-16-8-6-13(18-11)10-17-15(20)19-9-7-12-4-2-3-5-14(12)19/h2-6,8H,7,9-10H2,1H3,(H,17,20). The summed E-state index contributed by atoms with van der Waals surface area (Å²) in [4.78, 5) is 22.3. The van der Waals surface area contributed by atoms with E-state index in [2.05, 4.69) is 21.4 Å². The van der Waals surface area contributed by atoms with E-state index < -0.39 is 0 Å². The second-order valence-corrected chi connectivity index (χ2v) is 4.78. The Morgan fingerprint density at radius 2 is 2.20 bits per heavy atom. The molecule has 20 heavy (non-hydrogen) atoms. The summed E-state index contributed by atoms with van der Waals surface area (Å²) < 4.78 is 0. The smallest absolute Gasteiger partial charge is 0.322 e. The number of aromatic nitrogens is 2. The molecule has 102 valence electrons. The van der Waals surface area contributed by atoms with Crippen molar-refractivity contribution in [1.29, 1.82) is 0 Å². The molecule has 0 spiro atoms. The van der Waals surface area contributed by atoms with E-state index in [-0.39, 0.29) is 6.03 Å². The molecule has 2 aromatic rings. The first-order valence-corrected chi connectivity index (χ1v) is 6.66. The number of benzene rings is 1. The van der Waals surface area contributed by atoms with Crippen molar-refractivity contribution >= 4 is 11.7 Å². The molecule has 1 N–H and O–H groups in total. The van der Waals surface area contributed by atoms with Crippen LogP contribution in [0.2, 0.25) is 0 Å². The van der Waals surface area contributed by atoms with Gasteiger partial charge in [0.1, 0.15) is 5.82 Å². The third kappa shape index (κ3) is 2.47. The first-order valence-electron chi connectivity index (χ1n) is 6.66. The Labute approximate surface area is 117 Å². The Hall–Kier alpha value is -2.43. The highest BCUT2D eigenvalue weighted by atomic mass is 16.2. The molecule has 2 amide bonds. The van der Waals surface area contributed by atoms with Gasteiger partial charge in [0.2, 0.25) is 0 Å². The lowest BCUT2D eigenvalue weighted by molar-refractivity contribution is 0.246. The van der Waals surface area contributed by atoms with Crippen molar-refractivity contribution in [2.75, 3.05) is 11.4 Å².